The number of carbonyl (C=O) groups is 2. The predicted octanol–water partition coefficient (Wildman–Crippen LogP) is 3.43. The number of nitrogens with zero attached hydrogens (tertiary/aromatic N) is 1. The van der Waals surface area contributed by atoms with Crippen molar-refractivity contribution in [2.24, 2.45) is 11.3 Å². The van der Waals surface area contributed by atoms with Crippen LogP contribution in [0.3, 0.4) is 0 Å². The summed E-state index contributed by atoms with van der Waals surface area (Å²) < 4.78 is 6.28. The van der Waals surface area contributed by atoms with Crippen molar-refractivity contribution in [2.45, 2.75) is 45.8 Å². The number of Topliss-reactive ketones (excluding diaryl/α,β-unsaturated/α-hetero) is 1. The monoisotopic (exact) mass is 311 g/mol. The molecule has 0 radical (unpaired) electrons. The van der Waals surface area contributed by atoms with Crippen molar-refractivity contribution >= 4 is 17.4 Å². The zero-order valence-electron chi connectivity index (χ0n) is 13.8. The van der Waals surface area contributed by atoms with Gasteiger partial charge in [0.15, 0.2) is 11.5 Å². The Hall–Kier alpha value is -2.10. The second-order valence-electron chi connectivity index (χ2n) is 7.76. The van der Waals surface area contributed by atoms with Gasteiger partial charge in [-0.2, -0.15) is 0 Å². The molecule has 0 saturated carbocycles. The molecule has 2 unspecified atom stereocenters. The summed E-state index contributed by atoms with van der Waals surface area (Å²) in [6.45, 7) is 6.12. The molecular weight excluding hydrogens is 290 g/mol. The van der Waals surface area contributed by atoms with Gasteiger partial charge in [0.25, 0.3) is 0 Å². The number of amides is 1. The van der Waals surface area contributed by atoms with Crippen molar-refractivity contribution in [3.05, 3.63) is 41.7 Å². The number of carbonyl (C=O) groups excluding carboxylic acids is 2. The second-order valence-corrected chi connectivity index (χ2v) is 7.76. The first-order valence-corrected chi connectivity index (χ1v) is 8.15. The van der Waals surface area contributed by atoms with E-state index in [9.17, 15) is 9.59 Å². The summed E-state index contributed by atoms with van der Waals surface area (Å²) in [5.74, 6) is 0.807. The fraction of sp³-hybridized carbons (Fsp3) is 0.474. The van der Waals surface area contributed by atoms with Gasteiger partial charge in [-0.1, -0.05) is 32.0 Å². The highest BCUT2D eigenvalue weighted by Gasteiger charge is 2.61. The molecule has 0 bridgehead atoms. The van der Waals surface area contributed by atoms with E-state index in [0.717, 1.165) is 23.4 Å². The Morgan fingerprint density at radius 2 is 1.78 bits per heavy atom. The number of hydrogen-bond acceptors (Lipinski definition) is 3. The van der Waals surface area contributed by atoms with Gasteiger partial charge in [0.05, 0.1) is 5.92 Å². The molecule has 0 spiro atoms. The van der Waals surface area contributed by atoms with Gasteiger partial charge in [-0.05, 0) is 24.5 Å². The van der Waals surface area contributed by atoms with Gasteiger partial charge in [-0.15, -0.1) is 0 Å². The van der Waals surface area contributed by atoms with Gasteiger partial charge in [-0.3, -0.25) is 14.5 Å². The highest BCUT2D eigenvalue weighted by Crippen LogP contribution is 2.55. The number of ether oxygens (including phenoxy) is 1. The smallest absolute Gasteiger partial charge is 0.231 e. The van der Waals surface area contributed by atoms with Crippen LogP contribution in [-0.4, -0.2) is 17.4 Å². The molecule has 1 aliphatic carbocycles. The molecule has 1 aromatic carbocycles. The lowest BCUT2D eigenvalue weighted by Gasteiger charge is -2.35. The molecule has 120 valence electrons. The van der Waals surface area contributed by atoms with Crippen LogP contribution in [0.25, 0.3) is 0 Å². The molecule has 1 saturated heterocycles. The number of hydrogen-bond donors (Lipinski definition) is 0. The number of fused-ring (bicyclic) bond motifs is 2. The molecule has 1 aromatic rings. The minimum atomic E-state index is -0.779. The van der Waals surface area contributed by atoms with Crippen molar-refractivity contribution in [1.82, 2.24) is 0 Å². The lowest BCUT2D eigenvalue weighted by atomic mass is 9.73. The average Bonchev–Trinajstić information content (AvgIpc) is 2.84. The fourth-order valence-electron chi connectivity index (χ4n) is 4.33. The second kappa shape index (κ2) is 4.47. The van der Waals surface area contributed by atoms with E-state index in [-0.39, 0.29) is 23.0 Å². The molecule has 4 nitrogen and oxygen atoms in total. The molecule has 4 heteroatoms. The van der Waals surface area contributed by atoms with Crippen molar-refractivity contribution < 1.29 is 14.3 Å². The lowest BCUT2D eigenvalue weighted by molar-refractivity contribution is -0.119. The number of benzene rings is 1. The van der Waals surface area contributed by atoms with E-state index in [1.165, 1.54) is 0 Å². The van der Waals surface area contributed by atoms with Crippen molar-refractivity contribution in [2.75, 3.05) is 4.90 Å². The van der Waals surface area contributed by atoms with Crippen LogP contribution >= 0.6 is 0 Å². The first-order valence-electron chi connectivity index (χ1n) is 8.15. The maximum absolute atomic E-state index is 12.7. The Bertz CT molecular complexity index is 734. The predicted molar refractivity (Wildman–Crippen MR) is 86.6 cm³/mol. The van der Waals surface area contributed by atoms with Crippen LogP contribution < -0.4 is 4.90 Å². The highest BCUT2D eigenvalue weighted by molar-refractivity contribution is 6.04. The van der Waals surface area contributed by atoms with Gasteiger partial charge in [0.2, 0.25) is 5.91 Å². The topological polar surface area (TPSA) is 46.6 Å². The fourth-order valence-corrected chi connectivity index (χ4v) is 4.33. The van der Waals surface area contributed by atoms with Gasteiger partial charge in [0.1, 0.15) is 5.76 Å². The van der Waals surface area contributed by atoms with Crippen molar-refractivity contribution in [3.63, 3.8) is 0 Å². The van der Waals surface area contributed by atoms with Crippen LogP contribution in [-0.2, 0) is 14.3 Å². The minimum Gasteiger partial charge on any atom is -0.471 e. The van der Waals surface area contributed by atoms with Crippen LogP contribution in [0.1, 0.15) is 40.0 Å². The molecule has 4 rings (SSSR count). The number of anilines is 1. The number of allylic oxidation sites excluding steroid dienone is 1. The third-order valence-electron chi connectivity index (χ3n) is 5.29. The summed E-state index contributed by atoms with van der Waals surface area (Å²) in [6.07, 6.45) is 1.63. The summed E-state index contributed by atoms with van der Waals surface area (Å²) in [5.41, 5.74) is 0.735. The van der Waals surface area contributed by atoms with Gasteiger partial charge in [0, 0.05) is 30.5 Å². The number of ketones is 1. The van der Waals surface area contributed by atoms with Gasteiger partial charge < -0.3 is 4.74 Å². The molecule has 1 fully saturated rings. The first kappa shape index (κ1) is 14.5. The summed E-state index contributed by atoms with van der Waals surface area (Å²) in [4.78, 5) is 27.0. The van der Waals surface area contributed by atoms with Gasteiger partial charge >= 0.3 is 0 Å². The zero-order valence-corrected chi connectivity index (χ0v) is 13.8. The van der Waals surface area contributed by atoms with Crippen LogP contribution in [0.15, 0.2) is 41.7 Å². The largest absolute Gasteiger partial charge is 0.471 e. The van der Waals surface area contributed by atoms with E-state index < -0.39 is 5.72 Å². The molecule has 2 aliphatic heterocycles. The Morgan fingerprint density at radius 3 is 2.48 bits per heavy atom. The van der Waals surface area contributed by atoms with E-state index in [2.05, 4.69) is 13.8 Å². The Balaban J connectivity index is 1.77. The molecule has 3 aliphatic rings. The Kier molecular flexibility index (Phi) is 2.81. The summed E-state index contributed by atoms with van der Waals surface area (Å²) in [6, 6.07) is 9.58. The van der Waals surface area contributed by atoms with E-state index >= 15 is 0 Å². The Labute approximate surface area is 136 Å². The molecule has 2 heterocycles. The Morgan fingerprint density at radius 1 is 1.09 bits per heavy atom. The maximum atomic E-state index is 12.7. The standard InChI is InChI=1S/C19H21NO3/c1-18(2)10-14(21)17-13-9-16(22)20(12-7-5-4-6-8-12)19(13,3)23-15(17)11-18/h4-8,13H,9-11H2,1-3H3. The van der Waals surface area contributed by atoms with Crippen molar-refractivity contribution in [3.8, 4) is 0 Å². The summed E-state index contributed by atoms with van der Waals surface area (Å²) in [7, 11) is 0. The third kappa shape index (κ3) is 1.97. The molecule has 1 amide bonds. The molecule has 0 aromatic heterocycles. The van der Waals surface area contributed by atoms with Crippen LogP contribution in [0.5, 0.6) is 0 Å². The van der Waals surface area contributed by atoms with E-state index in [1.807, 2.05) is 37.3 Å². The van der Waals surface area contributed by atoms with Gasteiger partial charge in [-0.25, -0.2) is 0 Å². The van der Waals surface area contributed by atoms with Crippen LogP contribution in [0.2, 0.25) is 0 Å². The molecule has 23 heavy (non-hydrogen) atoms. The molecular formula is C19H21NO3. The minimum absolute atomic E-state index is 0.0212. The van der Waals surface area contributed by atoms with E-state index in [0.29, 0.717) is 12.8 Å². The van der Waals surface area contributed by atoms with E-state index in [4.69, 9.17) is 4.74 Å². The summed E-state index contributed by atoms with van der Waals surface area (Å²) in [5, 5.41) is 0. The number of para-hydroxylation sites is 1. The quantitative estimate of drug-likeness (QED) is 0.798. The van der Waals surface area contributed by atoms with Crippen molar-refractivity contribution in [1.29, 1.82) is 0 Å². The normalized spacial score (nSPS) is 32.0. The lowest BCUT2D eigenvalue weighted by Crippen LogP contribution is -2.47. The SMILES string of the molecule is CC1(C)CC(=O)C2=C(C1)OC1(C)C2CC(=O)N1c1ccccc1. The number of rotatable bonds is 1. The molecule has 2 atom stereocenters. The highest BCUT2D eigenvalue weighted by atomic mass is 16.5. The first-order chi connectivity index (χ1) is 10.8. The van der Waals surface area contributed by atoms with Crippen LogP contribution in [0.4, 0.5) is 5.69 Å². The van der Waals surface area contributed by atoms with Crippen LogP contribution in [0, 0.1) is 11.3 Å². The average molecular weight is 311 g/mol. The third-order valence-corrected chi connectivity index (χ3v) is 5.29. The molecule has 0 N–H and O–H groups in total. The maximum Gasteiger partial charge on any atom is 0.231 e. The summed E-state index contributed by atoms with van der Waals surface area (Å²) >= 11 is 0. The van der Waals surface area contributed by atoms with E-state index in [1.54, 1.807) is 4.90 Å². The zero-order chi connectivity index (χ0) is 16.4.